The molecule has 0 aromatic carbocycles. The fraction of sp³-hybridized carbons (Fsp3) is 0.658. The highest BCUT2D eigenvalue weighted by atomic mass is 28.4. The second kappa shape index (κ2) is 25.3. The summed E-state index contributed by atoms with van der Waals surface area (Å²) < 4.78 is 7.02. The van der Waals surface area contributed by atoms with Gasteiger partial charge in [0.2, 0.25) is 20.1 Å². The van der Waals surface area contributed by atoms with Gasteiger partial charge in [0.25, 0.3) is 0 Å². The van der Waals surface area contributed by atoms with Gasteiger partial charge in [-0.2, -0.15) is 0 Å². The number of carbonyl (C=O) groups is 3. The molecule has 3 atom stereocenters. The molecule has 2 amide bonds. The second-order valence-corrected chi connectivity index (χ2v) is 18.8. The van der Waals surface area contributed by atoms with Crippen LogP contribution in [0.4, 0.5) is 0 Å². The fourth-order valence-corrected chi connectivity index (χ4v) is 11.6. The maximum Gasteiger partial charge on any atom is 0.328 e. The van der Waals surface area contributed by atoms with Crippen molar-refractivity contribution >= 4 is 26.1 Å². The van der Waals surface area contributed by atoms with Crippen LogP contribution < -0.4 is 10.6 Å². The lowest BCUT2D eigenvalue weighted by atomic mass is 10.0. The summed E-state index contributed by atoms with van der Waals surface area (Å²) in [5.74, 6) is -1.94. The molecule has 9 heteroatoms. The molecule has 4 N–H and O–H groups in total. The summed E-state index contributed by atoms with van der Waals surface area (Å²) >= 11 is 0. The van der Waals surface area contributed by atoms with Crippen LogP contribution in [0.1, 0.15) is 114 Å². The molecule has 0 spiro atoms. The van der Waals surface area contributed by atoms with Crippen LogP contribution in [-0.4, -0.2) is 61.6 Å². The molecule has 0 aliphatic heterocycles. The average molecular weight is 675 g/mol. The normalized spacial score (nSPS) is 15.1. The minimum absolute atomic E-state index is 0.0610. The number of aliphatic hydroxyl groups is 1. The molecule has 0 saturated heterocycles. The minimum atomic E-state index is -2.38. The summed E-state index contributed by atoms with van der Waals surface area (Å²) in [5, 5.41) is 25.3. The number of nitrogens with one attached hydrogen (secondary N) is 2. The molecule has 0 saturated carbocycles. The first-order valence-electron chi connectivity index (χ1n) is 17.7. The summed E-state index contributed by atoms with van der Waals surface area (Å²) in [7, 11) is -2.38. The van der Waals surface area contributed by atoms with E-state index in [1.807, 2.05) is 32.1 Å². The topological polar surface area (TPSA) is 125 Å². The van der Waals surface area contributed by atoms with E-state index in [1.54, 1.807) is 18.2 Å². The molecule has 0 fully saturated rings. The zero-order valence-electron chi connectivity index (χ0n) is 30.8. The number of rotatable bonds is 25. The number of aliphatic hydroxyl groups excluding tert-OH is 1. The van der Waals surface area contributed by atoms with Gasteiger partial charge in [-0.3, -0.25) is 9.59 Å². The number of hydrogen-bond donors (Lipinski definition) is 4. The first kappa shape index (κ1) is 44.2. The van der Waals surface area contributed by atoms with Gasteiger partial charge in [-0.1, -0.05) is 130 Å². The number of carboxylic acids is 1. The van der Waals surface area contributed by atoms with Crippen LogP contribution in [0.5, 0.6) is 0 Å². The van der Waals surface area contributed by atoms with Crippen molar-refractivity contribution in [2.75, 3.05) is 13.1 Å². The fourth-order valence-electron chi connectivity index (χ4n) is 5.96. The van der Waals surface area contributed by atoms with E-state index in [-0.39, 0.29) is 24.8 Å². The van der Waals surface area contributed by atoms with Gasteiger partial charge in [0.1, 0.15) is 0 Å². The predicted octanol–water partition coefficient (Wildman–Crippen LogP) is 8.17. The third-order valence-electron chi connectivity index (χ3n) is 8.73. The highest BCUT2D eigenvalue weighted by Crippen LogP contribution is 2.43. The molecule has 0 bridgehead atoms. The molecule has 0 radical (unpaired) electrons. The average Bonchev–Trinajstić information content (AvgIpc) is 3.00. The molecule has 8 nitrogen and oxygen atoms in total. The van der Waals surface area contributed by atoms with E-state index in [1.165, 1.54) is 31.8 Å². The van der Waals surface area contributed by atoms with Crippen LogP contribution >= 0.6 is 0 Å². The Labute approximate surface area is 287 Å². The van der Waals surface area contributed by atoms with E-state index in [0.29, 0.717) is 29.6 Å². The van der Waals surface area contributed by atoms with E-state index < -0.39 is 32.4 Å². The Morgan fingerprint density at radius 2 is 1.38 bits per heavy atom. The smallest absolute Gasteiger partial charge is 0.328 e. The Balaban J connectivity index is 5.44. The Bertz CT molecular complexity index is 1040. The Hall–Kier alpha value is -2.75. The predicted molar refractivity (Wildman–Crippen MR) is 198 cm³/mol. The Morgan fingerprint density at radius 1 is 0.787 bits per heavy atom. The molecule has 0 aromatic heterocycles. The number of allylic oxidation sites excluding steroid dienone is 7. The molecule has 0 rings (SSSR count). The number of aliphatic carboxylic acids is 1. The summed E-state index contributed by atoms with van der Waals surface area (Å²) in [5.41, 5.74) is 1.64. The number of amides is 2. The molecule has 0 aliphatic carbocycles. The number of carbonyl (C=O) groups excluding carboxylic acids is 2. The lowest BCUT2D eigenvalue weighted by molar-refractivity contribution is -0.131. The van der Waals surface area contributed by atoms with Crippen molar-refractivity contribution in [1.82, 2.24) is 10.6 Å². The van der Waals surface area contributed by atoms with Crippen LogP contribution in [0.3, 0.4) is 0 Å². The van der Waals surface area contributed by atoms with Gasteiger partial charge in [0.15, 0.2) is 0 Å². The van der Waals surface area contributed by atoms with Crippen LogP contribution in [0.2, 0.25) is 16.6 Å². The van der Waals surface area contributed by atoms with Crippen molar-refractivity contribution in [3.8, 4) is 0 Å². The molecule has 0 heterocycles. The lowest BCUT2D eigenvalue weighted by Crippen LogP contribution is -2.55. The van der Waals surface area contributed by atoms with E-state index in [2.05, 4.69) is 65.2 Å². The molecule has 47 heavy (non-hydrogen) atoms. The quantitative estimate of drug-likeness (QED) is 0.0335. The van der Waals surface area contributed by atoms with E-state index in [4.69, 9.17) is 9.53 Å². The SMILES string of the molecule is CCCCCCC/C=C/C=C(\C)[C@@H](O)CC(=O)NC[C@H](O[Si](C(C)C)(C(C)C)C(C)C)[C@H](C)C(=O)NCC/C=C/C=C/C=C/C(=O)O. The molecule has 0 aromatic rings. The third-order valence-corrected chi connectivity index (χ3v) is 14.9. The largest absolute Gasteiger partial charge is 0.478 e. The highest BCUT2D eigenvalue weighted by Gasteiger charge is 2.47. The van der Waals surface area contributed by atoms with Crippen molar-refractivity contribution in [1.29, 1.82) is 0 Å². The first-order valence-corrected chi connectivity index (χ1v) is 19.8. The van der Waals surface area contributed by atoms with Crippen molar-refractivity contribution in [2.24, 2.45) is 5.92 Å². The summed E-state index contributed by atoms with van der Waals surface area (Å²) in [6.07, 6.45) is 21.8. The van der Waals surface area contributed by atoms with E-state index in [0.717, 1.165) is 24.5 Å². The molecular weight excluding hydrogens is 609 g/mol. The lowest BCUT2D eigenvalue weighted by Gasteiger charge is -2.45. The van der Waals surface area contributed by atoms with Crippen LogP contribution in [-0.2, 0) is 18.8 Å². The standard InChI is InChI=1S/C38H66N2O6Si/c1-10-11-12-13-14-15-18-21-24-32(8)34(41)27-36(42)40-28-35(46-47(29(2)3,30(4)5)31(6)7)33(9)38(45)39-26-23-20-17-16-19-22-25-37(43)44/h16-22,24-25,29-31,33-35,41H,10-15,23,26-28H2,1-9H3,(H,39,45)(H,40,42)(H,43,44)/b19-16+,20-17+,21-18+,25-22+,32-24+/t33-,34-,35-/m0/s1. The maximum absolute atomic E-state index is 13.3. The van der Waals surface area contributed by atoms with Gasteiger partial charge in [-0.05, 0) is 48.4 Å². The van der Waals surface area contributed by atoms with Gasteiger partial charge < -0.3 is 25.3 Å². The monoisotopic (exact) mass is 674 g/mol. The van der Waals surface area contributed by atoms with Crippen molar-refractivity contribution in [3.05, 3.63) is 60.3 Å². The van der Waals surface area contributed by atoms with Gasteiger partial charge in [-0.25, -0.2) is 4.79 Å². The van der Waals surface area contributed by atoms with Crippen molar-refractivity contribution in [3.63, 3.8) is 0 Å². The van der Waals surface area contributed by atoms with Crippen LogP contribution in [0.25, 0.3) is 0 Å². The van der Waals surface area contributed by atoms with E-state index >= 15 is 0 Å². The number of carboxylic acid groups (broad SMARTS) is 1. The number of unbranched alkanes of at least 4 members (excludes halogenated alkanes) is 5. The van der Waals surface area contributed by atoms with Gasteiger partial charge in [-0.15, -0.1) is 0 Å². The van der Waals surface area contributed by atoms with E-state index in [9.17, 15) is 19.5 Å². The summed E-state index contributed by atoms with van der Waals surface area (Å²) in [6.45, 7) is 19.6. The van der Waals surface area contributed by atoms with Crippen molar-refractivity contribution in [2.45, 2.75) is 143 Å². The highest BCUT2D eigenvalue weighted by molar-refractivity contribution is 6.77. The molecule has 0 aliphatic rings. The van der Waals surface area contributed by atoms with Crippen LogP contribution in [0, 0.1) is 5.92 Å². The molecule has 268 valence electrons. The summed E-state index contributed by atoms with van der Waals surface area (Å²) in [6, 6.07) is 0. The first-order chi connectivity index (χ1) is 22.2. The Kier molecular flexibility index (Phi) is 23.8. The molecular formula is C38H66N2O6Si. The third kappa shape index (κ3) is 18.4. The van der Waals surface area contributed by atoms with Gasteiger partial charge >= 0.3 is 5.97 Å². The van der Waals surface area contributed by atoms with Gasteiger partial charge in [0.05, 0.1) is 24.5 Å². The van der Waals surface area contributed by atoms with Gasteiger partial charge in [0, 0.05) is 19.2 Å². The summed E-state index contributed by atoms with van der Waals surface area (Å²) in [4.78, 5) is 36.8. The van der Waals surface area contributed by atoms with Crippen LogP contribution in [0.15, 0.2) is 60.3 Å². The minimum Gasteiger partial charge on any atom is -0.478 e. The van der Waals surface area contributed by atoms with Crippen molar-refractivity contribution < 1.29 is 29.0 Å². The maximum atomic E-state index is 13.3. The Morgan fingerprint density at radius 3 is 1.98 bits per heavy atom. The molecule has 0 unspecified atom stereocenters. The second-order valence-electron chi connectivity index (χ2n) is 13.4. The zero-order chi connectivity index (χ0) is 35.8. The zero-order valence-corrected chi connectivity index (χ0v) is 31.8. The number of hydrogen-bond acceptors (Lipinski definition) is 5.